The summed E-state index contributed by atoms with van der Waals surface area (Å²) in [7, 11) is -3.09. The molecular weight excluding hydrogens is 275 g/mol. The van der Waals surface area contributed by atoms with Crippen LogP contribution in [0.5, 0.6) is 5.75 Å². The molecule has 0 fully saturated rings. The maximum absolute atomic E-state index is 11.0. The molecule has 0 aliphatic heterocycles. The largest absolute Gasteiger partial charge is 0.426 e. The van der Waals surface area contributed by atoms with Crippen molar-refractivity contribution in [3.8, 4) is 5.75 Å². The topological polar surface area (TPSA) is 66.8 Å². The van der Waals surface area contributed by atoms with Crippen LogP contribution < -0.4 is 4.52 Å². The lowest BCUT2D eigenvalue weighted by Crippen LogP contribution is -2.24. The van der Waals surface area contributed by atoms with Crippen LogP contribution in [0.2, 0.25) is 0 Å². The Morgan fingerprint density at radius 2 is 1.65 bits per heavy atom. The van der Waals surface area contributed by atoms with Gasteiger partial charge in [-0.2, -0.15) is 0 Å². The summed E-state index contributed by atoms with van der Waals surface area (Å²) < 4.78 is 15.9. The Labute approximate surface area is 121 Å². The fraction of sp³-hybridized carbons (Fsp3) is 0.600. The fourth-order valence-electron chi connectivity index (χ4n) is 2.46. The third kappa shape index (κ3) is 3.85. The van der Waals surface area contributed by atoms with Gasteiger partial charge in [0.25, 0.3) is 0 Å². The van der Waals surface area contributed by atoms with Gasteiger partial charge >= 0.3 is 8.25 Å². The van der Waals surface area contributed by atoms with E-state index in [1.807, 2.05) is 6.07 Å². The normalized spacial score (nSPS) is 14.2. The van der Waals surface area contributed by atoms with Gasteiger partial charge in [-0.05, 0) is 28.0 Å². The van der Waals surface area contributed by atoms with Crippen molar-refractivity contribution >= 4 is 8.25 Å². The maximum Gasteiger partial charge on any atom is 0.365 e. The quantitative estimate of drug-likeness (QED) is 0.838. The van der Waals surface area contributed by atoms with Gasteiger partial charge in [-0.25, -0.2) is 4.57 Å². The predicted molar refractivity (Wildman–Crippen MR) is 81.6 cm³/mol. The minimum atomic E-state index is -3.09. The first kappa shape index (κ1) is 17.2. The average Bonchev–Trinajstić information content (AvgIpc) is 2.24. The summed E-state index contributed by atoms with van der Waals surface area (Å²) in [5.41, 5.74) is 2.39. The second kappa shape index (κ2) is 5.88. The monoisotopic (exact) mass is 300 g/mol. The van der Waals surface area contributed by atoms with Crippen molar-refractivity contribution in [1.29, 1.82) is 0 Å². The number of benzene rings is 1. The third-order valence-corrected chi connectivity index (χ3v) is 3.58. The summed E-state index contributed by atoms with van der Waals surface area (Å²) >= 11 is 0. The van der Waals surface area contributed by atoms with Gasteiger partial charge in [0.1, 0.15) is 5.75 Å². The van der Waals surface area contributed by atoms with Gasteiger partial charge in [0.05, 0.1) is 6.61 Å². The first-order chi connectivity index (χ1) is 8.98. The molecular formula is C15H25O4P. The molecule has 0 saturated carbocycles. The molecule has 0 aliphatic rings. The Hall–Kier alpha value is -0.830. The molecule has 0 aromatic heterocycles. The molecule has 114 valence electrons. The van der Waals surface area contributed by atoms with Gasteiger partial charge in [0.2, 0.25) is 0 Å². The van der Waals surface area contributed by atoms with Gasteiger partial charge < -0.3 is 14.5 Å². The Balaban J connectivity index is 3.64. The van der Waals surface area contributed by atoms with Crippen molar-refractivity contribution in [2.45, 2.75) is 59.0 Å². The van der Waals surface area contributed by atoms with Crippen molar-refractivity contribution in [3.05, 3.63) is 28.8 Å². The van der Waals surface area contributed by atoms with Crippen LogP contribution in [0.15, 0.2) is 12.1 Å². The zero-order chi connectivity index (χ0) is 15.7. The highest BCUT2D eigenvalue weighted by molar-refractivity contribution is 7.32. The van der Waals surface area contributed by atoms with Crippen molar-refractivity contribution < 1.29 is 19.1 Å². The lowest BCUT2D eigenvalue weighted by Gasteiger charge is -2.32. The first-order valence-electron chi connectivity index (χ1n) is 6.67. The van der Waals surface area contributed by atoms with Crippen molar-refractivity contribution in [1.82, 2.24) is 0 Å². The number of hydrogen-bond donors (Lipinski definition) is 2. The zero-order valence-electron chi connectivity index (χ0n) is 13.1. The van der Waals surface area contributed by atoms with E-state index >= 15 is 0 Å². The highest BCUT2D eigenvalue weighted by Gasteiger charge is 2.29. The Morgan fingerprint density at radius 1 is 1.10 bits per heavy atom. The molecule has 20 heavy (non-hydrogen) atoms. The number of aliphatic hydroxyl groups is 1. The Bertz CT molecular complexity index is 510. The lowest BCUT2D eigenvalue weighted by molar-refractivity contribution is 0.273. The van der Waals surface area contributed by atoms with Gasteiger partial charge in [-0.15, -0.1) is 0 Å². The molecule has 5 heteroatoms. The molecule has 1 aromatic rings. The van der Waals surface area contributed by atoms with Crippen LogP contribution in [0, 0.1) is 0 Å². The number of rotatable bonds is 3. The van der Waals surface area contributed by atoms with Crippen LogP contribution in [-0.2, 0) is 22.0 Å². The van der Waals surface area contributed by atoms with E-state index in [4.69, 9.17) is 9.42 Å². The van der Waals surface area contributed by atoms with Gasteiger partial charge in [0, 0.05) is 5.56 Å². The Kier molecular flexibility index (Phi) is 5.07. The molecule has 1 rings (SSSR count). The number of hydrogen-bond acceptors (Lipinski definition) is 3. The second-order valence-corrected chi connectivity index (χ2v) is 7.73. The highest BCUT2D eigenvalue weighted by atomic mass is 31.1. The molecule has 0 heterocycles. The van der Waals surface area contributed by atoms with Crippen LogP contribution in [-0.4, -0.2) is 10.00 Å². The minimum Gasteiger partial charge on any atom is -0.426 e. The summed E-state index contributed by atoms with van der Waals surface area (Å²) in [4.78, 5) is 8.99. The Morgan fingerprint density at radius 3 is 2.00 bits per heavy atom. The smallest absolute Gasteiger partial charge is 0.365 e. The molecule has 0 bridgehead atoms. The lowest BCUT2D eigenvalue weighted by atomic mass is 9.73. The summed E-state index contributed by atoms with van der Waals surface area (Å²) in [5.74, 6) is 0.289. The molecule has 4 nitrogen and oxygen atoms in total. The van der Waals surface area contributed by atoms with E-state index in [9.17, 15) is 9.67 Å². The molecule has 1 aromatic carbocycles. The summed E-state index contributed by atoms with van der Waals surface area (Å²) in [6.45, 7) is 12.3. The van der Waals surface area contributed by atoms with Crippen molar-refractivity contribution in [3.63, 3.8) is 0 Å². The molecule has 0 radical (unpaired) electrons. The zero-order valence-corrected chi connectivity index (χ0v) is 14.1. The molecule has 1 atom stereocenters. The molecule has 0 aliphatic carbocycles. The van der Waals surface area contributed by atoms with Crippen LogP contribution in [0.25, 0.3) is 0 Å². The summed E-state index contributed by atoms with van der Waals surface area (Å²) in [5, 5.41) is 9.71. The molecule has 2 N–H and O–H groups in total. The second-order valence-electron chi connectivity index (χ2n) is 6.99. The third-order valence-electron chi connectivity index (χ3n) is 3.18. The van der Waals surface area contributed by atoms with Crippen molar-refractivity contribution in [2.24, 2.45) is 0 Å². The standard InChI is InChI=1S/C15H25O4P/c1-14(2,3)11-7-8-12(19-20(17)18)10(9-16)13(11)15(4,5)6/h7-8,16,20H,9H2,1-6H3,(H,17,18). The van der Waals surface area contributed by atoms with E-state index in [1.54, 1.807) is 6.07 Å². The van der Waals surface area contributed by atoms with Crippen LogP contribution in [0.1, 0.15) is 58.2 Å². The summed E-state index contributed by atoms with van der Waals surface area (Å²) in [6.07, 6.45) is 0. The van der Waals surface area contributed by atoms with Gasteiger partial charge in [0.15, 0.2) is 0 Å². The molecule has 0 saturated heterocycles. The molecule has 0 amide bonds. The molecule has 0 spiro atoms. The maximum atomic E-state index is 11.0. The van der Waals surface area contributed by atoms with Crippen molar-refractivity contribution in [2.75, 3.05) is 0 Å². The average molecular weight is 300 g/mol. The first-order valence-corrected chi connectivity index (χ1v) is 7.93. The van der Waals surface area contributed by atoms with Crippen LogP contribution >= 0.6 is 8.25 Å². The van der Waals surface area contributed by atoms with Gasteiger partial charge in [-0.1, -0.05) is 47.6 Å². The van der Waals surface area contributed by atoms with E-state index < -0.39 is 8.25 Å². The highest BCUT2D eigenvalue weighted by Crippen LogP contribution is 2.41. The van der Waals surface area contributed by atoms with Gasteiger partial charge in [-0.3, -0.25) is 0 Å². The van der Waals surface area contributed by atoms with Crippen LogP contribution in [0.3, 0.4) is 0 Å². The predicted octanol–water partition coefficient (Wildman–Crippen LogP) is 3.53. The van der Waals surface area contributed by atoms with E-state index in [0.29, 0.717) is 5.56 Å². The minimum absolute atomic E-state index is 0.0878. The van der Waals surface area contributed by atoms with E-state index in [0.717, 1.165) is 11.1 Å². The fourth-order valence-corrected chi connectivity index (χ4v) is 2.84. The van der Waals surface area contributed by atoms with E-state index in [-0.39, 0.29) is 23.2 Å². The SMILES string of the molecule is CC(C)(C)c1ccc(O[PH](=O)O)c(CO)c1C(C)(C)C. The summed E-state index contributed by atoms with van der Waals surface area (Å²) in [6, 6.07) is 3.58. The molecule has 1 unspecified atom stereocenters. The van der Waals surface area contributed by atoms with Crippen LogP contribution in [0.4, 0.5) is 0 Å². The van der Waals surface area contributed by atoms with E-state index in [1.165, 1.54) is 0 Å². The van der Waals surface area contributed by atoms with E-state index in [2.05, 4.69) is 41.5 Å². The number of aliphatic hydroxyl groups excluding tert-OH is 1.